The Hall–Kier alpha value is -1.88. The Balaban J connectivity index is 2.31. The van der Waals surface area contributed by atoms with Crippen molar-refractivity contribution in [2.75, 3.05) is 24.3 Å². The molecule has 0 saturated heterocycles. The van der Waals surface area contributed by atoms with Gasteiger partial charge >= 0.3 is 0 Å². The minimum Gasteiger partial charge on any atom is -0.378 e. The van der Waals surface area contributed by atoms with E-state index in [1.807, 2.05) is 50.2 Å². The molecule has 0 bridgehead atoms. The van der Waals surface area contributed by atoms with Crippen molar-refractivity contribution in [2.45, 2.75) is 13.8 Å². The van der Waals surface area contributed by atoms with Gasteiger partial charge in [-0.3, -0.25) is 4.79 Å². The van der Waals surface area contributed by atoms with E-state index in [2.05, 4.69) is 9.69 Å². The van der Waals surface area contributed by atoms with Gasteiger partial charge in [0.25, 0.3) is 0 Å². The average molecular weight is 275 g/mol. The van der Waals surface area contributed by atoms with Crippen LogP contribution in [0.15, 0.2) is 24.3 Å². The third-order valence-electron chi connectivity index (χ3n) is 2.84. The predicted octanol–water partition coefficient (Wildman–Crippen LogP) is 3.46. The lowest BCUT2D eigenvalue weighted by Crippen LogP contribution is -2.08. The van der Waals surface area contributed by atoms with Crippen molar-refractivity contribution in [3.05, 3.63) is 35.5 Å². The fourth-order valence-electron chi connectivity index (χ4n) is 1.86. The van der Waals surface area contributed by atoms with Crippen molar-refractivity contribution >= 4 is 33.7 Å². The molecule has 1 N–H and O–H groups in total. The lowest BCUT2D eigenvalue weighted by Gasteiger charge is -2.14. The van der Waals surface area contributed by atoms with Gasteiger partial charge in [-0.2, -0.15) is 4.37 Å². The van der Waals surface area contributed by atoms with E-state index in [0.29, 0.717) is 5.56 Å². The van der Waals surface area contributed by atoms with E-state index < -0.39 is 0 Å². The maximum Gasteiger partial charge on any atom is 0.164 e. The number of hydrogen-bond donors (Lipinski definition) is 1. The molecule has 1 aromatic heterocycles. The van der Waals surface area contributed by atoms with Gasteiger partial charge in [-0.05, 0) is 43.6 Å². The van der Waals surface area contributed by atoms with Crippen molar-refractivity contribution in [3.63, 3.8) is 0 Å². The minimum atomic E-state index is 0.0394. The molecule has 1 heterocycles. The molecule has 0 radical (unpaired) electrons. The Morgan fingerprint density at radius 1 is 1.37 bits per heavy atom. The van der Waals surface area contributed by atoms with E-state index in [9.17, 15) is 4.79 Å². The number of rotatable bonds is 4. The molecule has 0 aliphatic carbocycles. The number of anilines is 3. The second kappa shape index (κ2) is 5.40. The third-order valence-corrected chi connectivity index (χ3v) is 3.69. The zero-order valence-corrected chi connectivity index (χ0v) is 12.3. The number of nitrogens with zero attached hydrogens (tertiary/aromatic N) is 2. The molecule has 0 atom stereocenters. The summed E-state index contributed by atoms with van der Waals surface area (Å²) >= 11 is 1.32. The normalized spacial score (nSPS) is 10.3. The monoisotopic (exact) mass is 275 g/mol. The van der Waals surface area contributed by atoms with Gasteiger partial charge in [-0.25, -0.2) is 0 Å². The van der Waals surface area contributed by atoms with E-state index in [1.54, 1.807) is 6.92 Å². The van der Waals surface area contributed by atoms with E-state index in [4.69, 9.17) is 0 Å². The molecule has 19 heavy (non-hydrogen) atoms. The zero-order valence-electron chi connectivity index (χ0n) is 11.5. The van der Waals surface area contributed by atoms with Crippen LogP contribution < -0.4 is 10.2 Å². The highest BCUT2D eigenvalue weighted by Gasteiger charge is 2.14. The number of aromatic nitrogens is 1. The minimum absolute atomic E-state index is 0.0394. The van der Waals surface area contributed by atoms with Crippen molar-refractivity contribution < 1.29 is 4.79 Å². The molecular formula is C14H17N3OS. The molecule has 0 saturated carbocycles. The molecule has 0 unspecified atom stereocenters. The number of nitrogens with one attached hydrogen (secondary N) is 1. The lowest BCUT2D eigenvalue weighted by atomic mass is 10.2. The molecule has 0 aliphatic heterocycles. The number of hydrogen-bond acceptors (Lipinski definition) is 5. The summed E-state index contributed by atoms with van der Waals surface area (Å²) in [5.41, 5.74) is 3.52. The standard InChI is InChI=1S/C14H17N3OS/c1-9-13(10(2)18)14(19-16-9)15-11-6-5-7-12(8-11)17(3)4/h5-8,15H,1-4H3. The van der Waals surface area contributed by atoms with Crippen LogP contribution in [0.3, 0.4) is 0 Å². The highest BCUT2D eigenvalue weighted by Crippen LogP contribution is 2.29. The van der Waals surface area contributed by atoms with Crippen LogP contribution in [0.4, 0.5) is 16.4 Å². The Morgan fingerprint density at radius 2 is 2.11 bits per heavy atom. The molecule has 100 valence electrons. The first kappa shape index (κ1) is 13.5. The Bertz CT molecular complexity index is 604. The van der Waals surface area contributed by atoms with Crippen LogP contribution in [0, 0.1) is 6.92 Å². The maximum absolute atomic E-state index is 11.6. The number of carbonyl (C=O) groups excluding carboxylic acids is 1. The number of Topliss-reactive ketones (excluding diaryl/α,β-unsaturated/α-hetero) is 1. The molecule has 2 rings (SSSR count). The largest absolute Gasteiger partial charge is 0.378 e. The van der Waals surface area contributed by atoms with Crippen LogP contribution in [0.5, 0.6) is 0 Å². The van der Waals surface area contributed by atoms with E-state index in [-0.39, 0.29) is 5.78 Å². The van der Waals surface area contributed by atoms with Crippen molar-refractivity contribution in [2.24, 2.45) is 0 Å². The Morgan fingerprint density at radius 3 is 2.74 bits per heavy atom. The summed E-state index contributed by atoms with van der Waals surface area (Å²) in [6.07, 6.45) is 0. The summed E-state index contributed by atoms with van der Waals surface area (Å²) in [7, 11) is 3.99. The lowest BCUT2D eigenvalue weighted by molar-refractivity contribution is 0.101. The van der Waals surface area contributed by atoms with Gasteiger partial charge in [0.2, 0.25) is 0 Å². The number of carbonyl (C=O) groups is 1. The van der Waals surface area contributed by atoms with Crippen molar-refractivity contribution in [1.82, 2.24) is 4.37 Å². The first-order valence-electron chi connectivity index (χ1n) is 6.00. The van der Waals surface area contributed by atoms with Crippen LogP contribution in [-0.4, -0.2) is 24.3 Å². The maximum atomic E-state index is 11.6. The fraction of sp³-hybridized carbons (Fsp3) is 0.286. The summed E-state index contributed by atoms with van der Waals surface area (Å²) < 4.78 is 4.24. The van der Waals surface area contributed by atoms with Crippen molar-refractivity contribution in [1.29, 1.82) is 0 Å². The fourth-order valence-corrected chi connectivity index (χ4v) is 2.73. The second-order valence-electron chi connectivity index (χ2n) is 4.60. The van der Waals surface area contributed by atoms with Crippen LogP contribution >= 0.6 is 11.5 Å². The topological polar surface area (TPSA) is 45.2 Å². The number of aryl methyl sites for hydroxylation is 1. The molecule has 1 aromatic carbocycles. The number of benzene rings is 1. The first-order chi connectivity index (χ1) is 8.99. The Labute approximate surface area is 117 Å². The highest BCUT2D eigenvalue weighted by molar-refractivity contribution is 7.10. The van der Waals surface area contributed by atoms with Gasteiger partial charge in [-0.1, -0.05) is 6.07 Å². The van der Waals surface area contributed by atoms with E-state index in [1.165, 1.54) is 11.5 Å². The highest BCUT2D eigenvalue weighted by atomic mass is 32.1. The molecule has 0 spiro atoms. The van der Waals surface area contributed by atoms with Crippen LogP contribution in [0.2, 0.25) is 0 Å². The molecule has 4 nitrogen and oxygen atoms in total. The summed E-state index contributed by atoms with van der Waals surface area (Å²) in [4.78, 5) is 13.7. The predicted molar refractivity (Wildman–Crippen MR) is 80.9 cm³/mol. The van der Waals surface area contributed by atoms with Crippen LogP contribution in [-0.2, 0) is 0 Å². The smallest absolute Gasteiger partial charge is 0.164 e. The zero-order chi connectivity index (χ0) is 14.0. The number of ketones is 1. The molecule has 5 heteroatoms. The Kier molecular flexibility index (Phi) is 3.85. The molecule has 0 amide bonds. The van der Waals surface area contributed by atoms with E-state index >= 15 is 0 Å². The van der Waals surface area contributed by atoms with Gasteiger partial charge in [0.05, 0.1) is 11.3 Å². The van der Waals surface area contributed by atoms with Gasteiger partial charge in [0.1, 0.15) is 5.00 Å². The van der Waals surface area contributed by atoms with Crippen molar-refractivity contribution in [3.8, 4) is 0 Å². The van der Waals surface area contributed by atoms with Crippen LogP contribution in [0.1, 0.15) is 23.0 Å². The van der Waals surface area contributed by atoms with Gasteiger partial charge in [-0.15, -0.1) is 0 Å². The molecular weight excluding hydrogens is 258 g/mol. The van der Waals surface area contributed by atoms with Crippen LogP contribution in [0.25, 0.3) is 0 Å². The summed E-state index contributed by atoms with van der Waals surface area (Å²) in [5, 5.41) is 4.08. The summed E-state index contributed by atoms with van der Waals surface area (Å²) in [6.45, 7) is 3.42. The quantitative estimate of drug-likeness (QED) is 0.868. The van der Waals surface area contributed by atoms with Gasteiger partial charge in [0, 0.05) is 25.5 Å². The SMILES string of the molecule is CC(=O)c1c(C)nsc1Nc1cccc(N(C)C)c1. The molecule has 0 fully saturated rings. The molecule has 2 aromatic rings. The first-order valence-corrected chi connectivity index (χ1v) is 6.78. The average Bonchev–Trinajstić information content (AvgIpc) is 2.70. The summed E-state index contributed by atoms with van der Waals surface area (Å²) in [5.74, 6) is 0.0394. The second-order valence-corrected chi connectivity index (χ2v) is 5.37. The van der Waals surface area contributed by atoms with Gasteiger partial charge < -0.3 is 10.2 Å². The van der Waals surface area contributed by atoms with Gasteiger partial charge in [0.15, 0.2) is 5.78 Å². The third kappa shape index (κ3) is 2.93. The van der Waals surface area contributed by atoms with E-state index in [0.717, 1.165) is 22.1 Å². The molecule has 0 aliphatic rings. The summed E-state index contributed by atoms with van der Waals surface area (Å²) in [6, 6.07) is 8.04.